The number of benzene rings is 2. The summed E-state index contributed by atoms with van der Waals surface area (Å²) in [7, 11) is 0. The van der Waals surface area contributed by atoms with Crippen LogP contribution in [0.2, 0.25) is 0 Å². The number of nitrogens with two attached hydrogens (primary N) is 1. The Morgan fingerprint density at radius 1 is 1.12 bits per heavy atom. The lowest BCUT2D eigenvalue weighted by Gasteiger charge is -2.15. The maximum Gasteiger partial charge on any atom is 0.251 e. The molecule has 2 aromatic rings. The highest BCUT2D eigenvalue weighted by atomic mass is 16.5. The van der Waals surface area contributed by atoms with Gasteiger partial charge in [-0.1, -0.05) is 18.2 Å². The van der Waals surface area contributed by atoms with Crippen molar-refractivity contribution in [3.8, 4) is 5.75 Å². The molecule has 1 heterocycles. The first-order valence-electron chi connectivity index (χ1n) is 9.28. The summed E-state index contributed by atoms with van der Waals surface area (Å²) in [6, 6.07) is 15.3. The summed E-state index contributed by atoms with van der Waals surface area (Å²) in [5.74, 6) is 0.786. The van der Waals surface area contributed by atoms with Gasteiger partial charge in [0.2, 0.25) is 0 Å². The molecule has 1 saturated heterocycles. The lowest BCUT2D eigenvalue weighted by molar-refractivity contribution is 0.0951. The van der Waals surface area contributed by atoms with Crippen molar-refractivity contribution in [1.82, 2.24) is 10.2 Å². The number of anilines is 1. The average molecular weight is 353 g/mol. The molecule has 26 heavy (non-hydrogen) atoms. The molecule has 1 fully saturated rings. The van der Waals surface area contributed by atoms with Crippen LogP contribution in [-0.4, -0.2) is 37.0 Å². The minimum atomic E-state index is -0.107. The van der Waals surface area contributed by atoms with Crippen LogP contribution in [0, 0.1) is 0 Å². The normalized spacial score (nSPS) is 14.3. The second-order valence-corrected chi connectivity index (χ2v) is 6.71. The van der Waals surface area contributed by atoms with E-state index in [2.05, 4.69) is 22.3 Å². The molecule has 1 aliphatic heterocycles. The van der Waals surface area contributed by atoms with Crippen LogP contribution >= 0.6 is 0 Å². The van der Waals surface area contributed by atoms with E-state index in [0.29, 0.717) is 24.4 Å². The molecular formula is C21H27N3O2. The van der Waals surface area contributed by atoms with Gasteiger partial charge in [0.05, 0.1) is 6.61 Å². The molecule has 0 spiro atoms. The Kier molecular flexibility index (Phi) is 6.50. The first kappa shape index (κ1) is 18.3. The van der Waals surface area contributed by atoms with Crippen molar-refractivity contribution in [2.45, 2.75) is 25.8 Å². The number of hydrogen-bond acceptors (Lipinski definition) is 4. The van der Waals surface area contributed by atoms with E-state index in [-0.39, 0.29) is 5.91 Å². The first-order valence-corrected chi connectivity index (χ1v) is 9.28. The van der Waals surface area contributed by atoms with Gasteiger partial charge in [-0.2, -0.15) is 0 Å². The van der Waals surface area contributed by atoms with Gasteiger partial charge in [0.15, 0.2) is 0 Å². The van der Waals surface area contributed by atoms with Crippen molar-refractivity contribution in [3.05, 3.63) is 59.7 Å². The lowest BCUT2D eigenvalue weighted by atomic mass is 10.2. The SMILES string of the molecule is Nc1cccc(C(=O)NCCCOc2cccc(CN3CCCC3)c2)c1. The van der Waals surface area contributed by atoms with Gasteiger partial charge >= 0.3 is 0 Å². The fraction of sp³-hybridized carbons (Fsp3) is 0.381. The third kappa shape index (κ3) is 5.49. The Labute approximate surface area is 155 Å². The van der Waals surface area contributed by atoms with Crippen LogP contribution < -0.4 is 15.8 Å². The van der Waals surface area contributed by atoms with Crippen LogP contribution in [-0.2, 0) is 6.54 Å². The monoisotopic (exact) mass is 353 g/mol. The number of carbonyl (C=O) groups is 1. The zero-order valence-electron chi connectivity index (χ0n) is 15.1. The van der Waals surface area contributed by atoms with E-state index in [4.69, 9.17) is 10.5 Å². The fourth-order valence-corrected chi connectivity index (χ4v) is 3.18. The molecule has 138 valence electrons. The number of hydrogen-bond donors (Lipinski definition) is 2. The van der Waals surface area contributed by atoms with Crippen LogP contribution in [0.3, 0.4) is 0 Å². The Morgan fingerprint density at radius 2 is 1.92 bits per heavy atom. The molecule has 0 saturated carbocycles. The standard InChI is InChI=1S/C21H27N3O2/c22-19-8-4-7-18(15-19)21(25)23-10-5-13-26-20-9-3-6-17(14-20)16-24-11-1-2-12-24/h3-4,6-9,14-15H,1-2,5,10-13,16,22H2,(H,23,25). The Hall–Kier alpha value is -2.53. The Bertz CT molecular complexity index is 727. The van der Waals surface area contributed by atoms with E-state index >= 15 is 0 Å². The number of carbonyl (C=O) groups excluding carboxylic acids is 1. The molecule has 0 aliphatic carbocycles. The molecule has 5 nitrogen and oxygen atoms in total. The van der Waals surface area contributed by atoms with Crippen LogP contribution in [0.4, 0.5) is 5.69 Å². The van der Waals surface area contributed by atoms with Crippen LogP contribution in [0.15, 0.2) is 48.5 Å². The molecule has 0 aromatic heterocycles. The molecular weight excluding hydrogens is 326 g/mol. The van der Waals surface area contributed by atoms with Gasteiger partial charge in [0.25, 0.3) is 5.91 Å². The summed E-state index contributed by atoms with van der Waals surface area (Å²) in [4.78, 5) is 14.5. The minimum Gasteiger partial charge on any atom is -0.494 e. The average Bonchev–Trinajstić information content (AvgIpc) is 3.14. The molecule has 2 aromatic carbocycles. The van der Waals surface area contributed by atoms with Crippen molar-refractivity contribution < 1.29 is 9.53 Å². The second kappa shape index (κ2) is 9.25. The lowest BCUT2D eigenvalue weighted by Crippen LogP contribution is -2.25. The highest BCUT2D eigenvalue weighted by molar-refractivity contribution is 5.94. The zero-order chi connectivity index (χ0) is 18.2. The molecule has 0 bridgehead atoms. The molecule has 3 N–H and O–H groups in total. The van der Waals surface area contributed by atoms with Gasteiger partial charge in [-0.05, 0) is 68.2 Å². The number of rotatable bonds is 8. The smallest absolute Gasteiger partial charge is 0.251 e. The van der Waals surface area contributed by atoms with Crippen molar-refractivity contribution in [3.63, 3.8) is 0 Å². The number of ether oxygens (including phenoxy) is 1. The molecule has 1 amide bonds. The summed E-state index contributed by atoms with van der Waals surface area (Å²) in [5, 5.41) is 2.89. The summed E-state index contributed by atoms with van der Waals surface area (Å²) in [6.07, 6.45) is 3.36. The first-order chi connectivity index (χ1) is 12.7. The molecule has 1 aliphatic rings. The Morgan fingerprint density at radius 3 is 2.73 bits per heavy atom. The number of nitrogen functional groups attached to an aromatic ring is 1. The van der Waals surface area contributed by atoms with Crippen LogP contribution in [0.1, 0.15) is 35.2 Å². The fourth-order valence-electron chi connectivity index (χ4n) is 3.18. The molecule has 0 unspecified atom stereocenters. The van der Waals surface area contributed by atoms with Crippen molar-refractivity contribution >= 4 is 11.6 Å². The third-order valence-corrected chi connectivity index (χ3v) is 4.53. The number of nitrogens with one attached hydrogen (secondary N) is 1. The van der Waals surface area contributed by atoms with E-state index in [1.807, 2.05) is 12.1 Å². The molecule has 0 atom stereocenters. The number of amides is 1. The summed E-state index contributed by atoms with van der Waals surface area (Å²) >= 11 is 0. The second-order valence-electron chi connectivity index (χ2n) is 6.71. The summed E-state index contributed by atoms with van der Waals surface area (Å²) in [5.41, 5.74) is 8.16. The van der Waals surface area contributed by atoms with E-state index in [0.717, 1.165) is 18.7 Å². The predicted molar refractivity (Wildman–Crippen MR) is 104 cm³/mol. The van der Waals surface area contributed by atoms with Gasteiger partial charge in [-0.3, -0.25) is 9.69 Å². The van der Waals surface area contributed by atoms with Gasteiger partial charge < -0.3 is 15.8 Å². The summed E-state index contributed by atoms with van der Waals surface area (Å²) < 4.78 is 5.83. The van der Waals surface area contributed by atoms with Gasteiger partial charge in [-0.25, -0.2) is 0 Å². The zero-order valence-corrected chi connectivity index (χ0v) is 15.1. The van der Waals surface area contributed by atoms with Gasteiger partial charge in [0.1, 0.15) is 5.75 Å². The van der Waals surface area contributed by atoms with Crippen molar-refractivity contribution in [2.24, 2.45) is 0 Å². The maximum absolute atomic E-state index is 12.0. The van der Waals surface area contributed by atoms with Crippen molar-refractivity contribution in [2.75, 3.05) is 32.0 Å². The quantitative estimate of drug-likeness (QED) is 0.565. The van der Waals surface area contributed by atoms with E-state index in [1.54, 1.807) is 24.3 Å². The largest absolute Gasteiger partial charge is 0.494 e. The molecule has 5 heteroatoms. The van der Waals surface area contributed by atoms with E-state index in [1.165, 1.54) is 31.5 Å². The van der Waals surface area contributed by atoms with Crippen LogP contribution in [0.25, 0.3) is 0 Å². The topological polar surface area (TPSA) is 67.6 Å². The van der Waals surface area contributed by atoms with Crippen molar-refractivity contribution in [1.29, 1.82) is 0 Å². The molecule has 3 rings (SSSR count). The molecule has 0 radical (unpaired) electrons. The third-order valence-electron chi connectivity index (χ3n) is 4.53. The Balaban J connectivity index is 1.37. The van der Waals surface area contributed by atoms with Gasteiger partial charge in [-0.15, -0.1) is 0 Å². The summed E-state index contributed by atoms with van der Waals surface area (Å²) in [6.45, 7) is 4.52. The highest BCUT2D eigenvalue weighted by Crippen LogP contribution is 2.17. The minimum absolute atomic E-state index is 0.107. The van der Waals surface area contributed by atoms with Gasteiger partial charge in [0, 0.05) is 24.3 Å². The number of likely N-dealkylation sites (tertiary alicyclic amines) is 1. The van der Waals surface area contributed by atoms with E-state index < -0.39 is 0 Å². The maximum atomic E-state index is 12.0. The number of nitrogens with zero attached hydrogens (tertiary/aromatic N) is 1. The van der Waals surface area contributed by atoms with Crippen LogP contribution in [0.5, 0.6) is 5.75 Å². The van der Waals surface area contributed by atoms with E-state index in [9.17, 15) is 4.79 Å². The highest BCUT2D eigenvalue weighted by Gasteiger charge is 2.11. The predicted octanol–water partition coefficient (Wildman–Crippen LogP) is 3.06.